The Morgan fingerprint density at radius 3 is 2.78 bits per heavy atom. The van der Waals surface area contributed by atoms with Gasteiger partial charge in [-0.2, -0.15) is 0 Å². The minimum absolute atomic E-state index is 0.178. The van der Waals surface area contributed by atoms with Crippen molar-refractivity contribution in [3.05, 3.63) is 34.9 Å². The number of hydrogen-bond acceptors (Lipinski definition) is 2. The first-order chi connectivity index (χ1) is 10.9. The van der Waals surface area contributed by atoms with Gasteiger partial charge in [-0.25, -0.2) is 0 Å². The van der Waals surface area contributed by atoms with E-state index in [1.54, 1.807) is 0 Å². The number of allylic oxidation sites excluding steroid dienone is 2. The van der Waals surface area contributed by atoms with Gasteiger partial charge in [0.25, 0.3) is 0 Å². The Morgan fingerprint density at radius 2 is 2.04 bits per heavy atom. The van der Waals surface area contributed by atoms with Gasteiger partial charge in [-0.3, -0.25) is 0 Å². The quantitative estimate of drug-likeness (QED) is 0.567. The van der Waals surface area contributed by atoms with Crippen molar-refractivity contribution < 1.29 is 9.84 Å². The molecule has 1 N–H and O–H groups in total. The van der Waals surface area contributed by atoms with Crippen LogP contribution in [0.2, 0.25) is 0 Å². The van der Waals surface area contributed by atoms with Crippen LogP contribution in [0.5, 0.6) is 11.5 Å². The van der Waals surface area contributed by atoms with Crippen LogP contribution in [0.4, 0.5) is 0 Å². The van der Waals surface area contributed by atoms with E-state index in [2.05, 4.69) is 39.8 Å². The molecule has 126 valence electrons. The summed E-state index contributed by atoms with van der Waals surface area (Å²) in [6, 6.07) is 3.93. The minimum atomic E-state index is -0.178. The largest absolute Gasteiger partial charge is 0.508 e. The molecule has 0 saturated heterocycles. The summed E-state index contributed by atoms with van der Waals surface area (Å²) in [5.74, 6) is 2.08. The van der Waals surface area contributed by atoms with Gasteiger partial charge in [0.05, 0.1) is 0 Å². The third-order valence-electron chi connectivity index (χ3n) is 5.64. The number of aryl methyl sites for hydroxylation is 1. The van der Waals surface area contributed by atoms with Gasteiger partial charge in [0.15, 0.2) is 0 Å². The van der Waals surface area contributed by atoms with Gasteiger partial charge in [0.1, 0.15) is 17.1 Å². The third-order valence-corrected chi connectivity index (χ3v) is 5.64. The van der Waals surface area contributed by atoms with Crippen LogP contribution < -0.4 is 4.74 Å². The number of hydrogen-bond donors (Lipinski definition) is 1. The molecule has 2 heteroatoms. The molecule has 0 amide bonds. The SMILES string of the molecule is CCCCCc1ccc(O)c2c1OC(C)(C)C1CCC(C)=CC21. The van der Waals surface area contributed by atoms with Crippen molar-refractivity contribution in [3.8, 4) is 11.5 Å². The van der Waals surface area contributed by atoms with Gasteiger partial charge in [-0.05, 0) is 58.1 Å². The van der Waals surface area contributed by atoms with Crippen LogP contribution in [0.25, 0.3) is 0 Å². The lowest BCUT2D eigenvalue weighted by Crippen LogP contribution is -2.45. The molecule has 2 unspecified atom stereocenters. The number of fused-ring (bicyclic) bond motifs is 3. The standard InChI is InChI=1S/C21H30O2/c1-5-6-7-8-15-10-12-18(22)19-16-13-14(2)9-11-17(16)21(3,4)23-20(15)19/h10,12-13,16-17,22H,5-9,11H2,1-4H3. The molecule has 1 heterocycles. The maximum absolute atomic E-state index is 10.5. The number of phenolic OH excluding ortho intramolecular Hbond substituents is 1. The Balaban J connectivity index is 2.06. The molecule has 2 atom stereocenters. The van der Waals surface area contributed by atoms with Gasteiger partial charge >= 0.3 is 0 Å². The molecule has 0 spiro atoms. The predicted octanol–water partition coefficient (Wildman–Crippen LogP) is 5.74. The van der Waals surface area contributed by atoms with Crippen LogP contribution in [0.1, 0.15) is 76.8 Å². The van der Waals surface area contributed by atoms with Crippen LogP contribution in [0, 0.1) is 5.92 Å². The molecule has 0 fully saturated rings. The molecule has 0 aromatic heterocycles. The maximum atomic E-state index is 10.5. The molecule has 23 heavy (non-hydrogen) atoms. The molecular weight excluding hydrogens is 284 g/mol. The van der Waals surface area contributed by atoms with E-state index in [1.807, 2.05) is 6.07 Å². The monoisotopic (exact) mass is 314 g/mol. The molecule has 0 saturated carbocycles. The van der Waals surface area contributed by atoms with Crippen LogP contribution in [0.15, 0.2) is 23.8 Å². The normalized spacial score (nSPS) is 25.1. The van der Waals surface area contributed by atoms with Crippen molar-refractivity contribution in [2.24, 2.45) is 5.92 Å². The van der Waals surface area contributed by atoms with Crippen molar-refractivity contribution in [2.45, 2.75) is 77.7 Å². The molecule has 0 bridgehead atoms. The van der Waals surface area contributed by atoms with E-state index >= 15 is 0 Å². The highest BCUT2D eigenvalue weighted by Crippen LogP contribution is 2.54. The summed E-state index contributed by atoms with van der Waals surface area (Å²) >= 11 is 0. The molecule has 1 aliphatic heterocycles. The smallest absolute Gasteiger partial charge is 0.130 e. The van der Waals surface area contributed by atoms with Gasteiger partial charge in [0, 0.05) is 17.4 Å². The Morgan fingerprint density at radius 1 is 1.26 bits per heavy atom. The number of phenols is 1. The fraction of sp³-hybridized carbons (Fsp3) is 0.619. The topological polar surface area (TPSA) is 29.5 Å². The van der Waals surface area contributed by atoms with E-state index in [-0.39, 0.29) is 11.5 Å². The van der Waals surface area contributed by atoms with Crippen molar-refractivity contribution in [2.75, 3.05) is 0 Å². The highest BCUT2D eigenvalue weighted by atomic mass is 16.5. The van der Waals surface area contributed by atoms with E-state index in [0.717, 1.165) is 30.6 Å². The summed E-state index contributed by atoms with van der Waals surface area (Å²) in [5, 5.41) is 10.5. The Hall–Kier alpha value is -1.44. The predicted molar refractivity (Wildman–Crippen MR) is 95.3 cm³/mol. The maximum Gasteiger partial charge on any atom is 0.130 e. The zero-order chi connectivity index (χ0) is 16.6. The zero-order valence-electron chi connectivity index (χ0n) is 15.0. The van der Waals surface area contributed by atoms with Crippen LogP contribution >= 0.6 is 0 Å². The number of aromatic hydroxyl groups is 1. The average molecular weight is 314 g/mol. The Labute approximate surface area is 140 Å². The highest BCUT2D eigenvalue weighted by molar-refractivity contribution is 5.55. The van der Waals surface area contributed by atoms with E-state index in [4.69, 9.17) is 4.74 Å². The van der Waals surface area contributed by atoms with Crippen LogP contribution in [-0.2, 0) is 6.42 Å². The first-order valence-corrected chi connectivity index (χ1v) is 9.15. The summed E-state index contributed by atoms with van der Waals surface area (Å²) in [6.45, 7) is 8.86. The van der Waals surface area contributed by atoms with E-state index in [0.29, 0.717) is 11.7 Å². The third kappa shape index (κ3) is 3.00. The lowest BCUT2D eigenvalue weighted by Gasteiger charge is -2.47. The van der Waals surface area contributed by atoms with Crippen molar-refractivity contribution in [3.63, 3.8) is 0 Å². The molecule has 2 aliphatic rings. The van der Waals surface area contributed by atoms with Gasteiger partial charge in [-0.1, -0.05) is 37.5 Å². The second-order valence-electron chi connectivity index (χ2n) is 7.83. The summed E-state index contributed by atoms with van der Waals surface area (Å²) < 4.78 is 6.48. The van der Waals surface area contributed by atoms with Crippen LogP contribution in [-0.4, -0.2) is 10.7 Å². The fourth-order valence-corrected chi connectivity index (χ4v) is 4.31. The molecule has 2 nitrogen and oxygen atoms in total. The van der Waals surface area contributed by atoms with E-state index in [9.17, 15) is 5.11 Å². The minimum Gasteiger partial charge on any atom is -0.508 e. The number of unbranched alkanes of at least 4 members (excludes halogenated alkanes) is 2. The fourth-order valence-electron chi connectivity index (χ4n) is 4.31. The lowest BCUT2D eigenvalue weighted by molar-refractivity contribution is 0.00979. The average Bonchev–Trinajstić information content (AvgIpc) is 2.48. The molecule has 1 aliphatic carbocycles. The summed E-state index contributed by atoms with van der Waals surface area (Å²) in [7, 11) is 0. The molecule has 0 radical (unpaired) electrons. The highest BCUT2D eigenvalue weighted by Gasteiger charge is 2.45. The van der Waals surface area contributed by atoms with Gasteiger partial charge < -0.3 is 9.84 Å². The first-order valence-electron chi connectivity index (χ1n) is 9.15. The van der Waals surface area contributed by atoms with Crippen molar-refractivity contribution in [1.82, 2.24) is 0 Å². The number of rotatable bonds is 4. The van der Waals surface area contributed by atoms with Crippen molar-refractivity contribution >= 4 is 0 Å². The van der Waals surface area contributed by atoms with Gasteiger partial charge in [-0.15, -0.1) is 0 Å². The molecule has 1 aromatic rings. The first kappa shape index (κ1) is 16.4. The number of benzene rings is 1. The van der Waals surface area contributed by atoms with Crippen LogP contribution in [0.3, 0.4) is 0 Å². The van der Waals surface area contributed by atoms with Crippen molar-refractivity contribution in [1.29, 1.82) is 0 Å². The van der Waals surface area contributed by atoms with E-state index in [1.165, 1.54) is 30.4 Å². The zero-order valence-corrected chi connectivity index (χ0v) is 15.0. The van der Waals surface area contributed by atoms with E-state index < -0.39 is 0 Å². The number of ether oxygens (including phenoxy) is 1. The second-order valence-corrected chi connectivity index (χ2v) is 7.83. The molecule has 1 aromatic carbocycles. The Kier molecular flexibility index (Phi) is 4.44. The molecule has 3 rings (SSSR count). The Bertz CT molecular complexity index is 613. The summed E-state index contributed by atoms with van der Waals surface area (Å²) in [5.41, 5.74) is 3.55. The second kappa shape index (κ2) is 6.22. The summed E-state index contributed by atoms with van der Waals surface area (Å²) in [6.07, 6.45) is 9.32. The molecular formula is C21H30O2. The van der Waals surface area contributed by atoms with Gasteiger partial charge in [0.2, 0.25) is 0 Å². The summed E-state index contributed by atoms with van der Waals surface area (Å²) in [4.78, 5) is 0. The lowest BCUT2D eigenvalue weighted by atomic mass is 9.67.